The lowest BCUT2D eigenvalue weighted by Crippen LogP contribution is -2.05. The van der Waals surface area contributed by atoms with Crippen LogP contribution in [0.2, 0.25) is 5.02 Å². The highest BCUT2D eigenvalue weighted by atomic mass is 35.5. The van der Waals surface area contributed by atoms with Gasteiger partial charge in [-0.05, 0) is 37.3 Å². The summed E-state index contributed by atoms with van der Waals surface area (Å²) < 4.78 is 8.00. The van der Waals surface area contributed by atoms with Crippen LogP contribution in [0.15, 0.2) is 55.1 Å². The van der Waals surface area contributed by atoms with Gasteiger partial charge >= 0.3 is 0 Å². The molecule has 29 heavy (non-hydrogen) atoms. The van der Waals surface area contributed by atoms with Gasteiger partial charge in [0.15, 0.2) is 0 Å². The summed E-state index contributed by atoms with van der Waals surface area (Å²) in [7, 11) is 1.88. The fraction of sp³-hybridized carbons (Fsp3) is 0.143. The van der Waals surface area contributed by atoms with E-state index in [1.807, 2.05) is 44.4 Å². The van der Waals surface area contributed by atoms with Crippen molar-refractivity contribution in [3.05, 3.63) is 65.7 Å². The van der Waals surface area contributed by atoms with Crippen molar-refractivity contribution in [2.75, 3.05) is 0 Å². The molecular formula is C21H17ClN6O. The number of H-pyrrole nitrogens is 1. The molecule has 5 aromatic rings. The van der Waals surface area contributed by atoms with Gasteiger partial charge in [-0.2, -0.15) is 10.2 Å². The Hall–Kier alpha value is -3.45. The summed E-state index contributed by atoms with van der Waals surface area (Å²) in [6, 6.07) is 9.54. The van der Waals surface area contributed by atoms with Crippen LogP contribution in [0.5, 0.6) is 5.75 Å². The fourth-order valence-corrected chi connectivity index (χ4v) is 3.69. The summed E-state index contributed by atoms with van der Waals surface area (Å²) in [5.74, 6) is 0.730. The molecule has 1 N–H and O–H groups in total. The molecule has 0 fully saturated rings. The minimum absolute atomic E-state index is 0.265. The number of aryl methyl sites for hydroxylation is 1. The lowest BCUT2D eigenvalue weighted by molar-refractivity contribution is 0.228. The third-order valence-electron chi connectivity index (χ3n) is 4.83. The minimum atomic E-state index is -0.265. The van der Waals surface area contributed by atoms with Crippen molar-refractivity contribution in [2.24, 2.45) is 7.05 Å². The molecule has 0 amide bonds. The summed E-state index contributed by atoms with van der Waals surface area (Å²) in [6.07, 6.45) is 6.79. The zero-order valence-electron chi connectivity index (χ0n) is 15.8. The van der Waals surface area contributed by atoms with E-state index in [-0.39, 0.29) is 6.10 Å². The molecule has 3 aromatic heterocycles. The first-order valence-corrected chi connectivity index (χ1v) is 9.50. The highest BCUT2D eigenvalue weighted by molar-refractivity contribution is 6.31. The van der Waals surface area contributed by atoms with Gasteiger partial charge in [0.1, 0.15) is 17.5 Å². The predicted molar refractivity (Wildman–Crippen MR) is 112 cm³/mol. The number of hydrogen-bond donors (Lipinski definition) is 1. The fourth-order valence-electron chi connectivity index (χ4n) is 3.47. The third-order valence-corrected chi connectivity index (χ3v) is 5.05. The summed E-state index contributed by atoms with van der Waals surface area (Å²) >= 11 is 6.28. The summed E-state index contributed by atoms with van der Waals surface area (Å²) in [6.45, 7) is 1.97. The Labute approximate surface area is 171 Å². The van der Waals surface area contributed by atoms with Crippen molar-refractivity contribution in [1.82, 2.24) is 29.9 Å². The monoisotopic (exact) mass is 404 g/mol. The van der Waals surface area contributed by atoms with Crippen LogP contribution in [-0.4, -0.2) is 29.9 Å². The molecule has 0 saturated carbocycles. The van der Waals surface area contributed by atoms with Crippen LogP contribution >= 0.6 is 11.6 Å². The Kier molecular flexibility index (Phi) is 4.17. The Bertz CT molecular complexity index is 1340. The second-order valence-corrected chi connectivity index (χ2v) is 7.30. The number of benzene rings is 2. The molecule has 8 heteroatoms. The maximum Gasteiger partial charge on any atom is 0.123 e. The molecule has 7 nitrogen and oxygen atoms in total. The van der Waals surface area contributed by atoms with Gasteiger partial charge < -0.3 is 4.74 Å². The maximum atomic E-state index is 6.28. The molecule has 1 unspecified atom stereocenters. The molecule has 1 atom stereocenters. The summed E-state index contributed by atoms with van der Waals surface area (Å²) in [5, 5.41) is 13.3. The lowest BCUT2D eigenvalue weighted by Gasteiger charge is -2.17. The predicted octanol–water partition coefficient (Wildman–Crippen LogP) is 4.70. The summed E-state index contributed by atoms with van der Waals surface area (Å²) in [4.78, 5) is 8.81. The summed E-state index contributed by atoms with van der Waals surface area (Å²) in [5.41, 5.74) is 5.13. The smallest absolute Gasteiger partial charge is 0.123 e. The van der Waals surface area contributed by atoms with Gasteiger partial charge in [0.2, 0.25) is 0 Å². The first kappa shape index (κ1) is 17.6. The zero-order chi connectivity index (χ0) is 20.0. The minimum Gasteiger partial charge on any atom is -0.486 e. The molecule has 2 aromatic carbocycles. The van der Waals surface area contributed by atoms with Crippen molar-refractivity contribution < 1.29 is 4.74 Å². The quantitative estimate of drug-likeness (QED) is 0.469. The van der Waals surface area contributed by atoms with E-state index in [0.717, 1.165) is 44.5 Å². The highest BCUT2D eigenvalue weighted by Crippen LogP contribution is 2.33. The normalized spacial score (nSPS) is 12.5. The molecule has 144 valence electrons. The standard InChI is InChI=1S/C21H17ClN6O/c1-12(16-7-14(22)8-19-21(16)24-6-5-23-19)29-15-3-4-18-17(9-15)20(27-26-18)13-10-25-28(2)11-13/h3-12H,1-2H3,(H,26,27). The average Bonchev–Trinajstić information content (AvgIpc) is 3.32. The van der Waals surface area contributed by atoms with Crippen molar-refractivity contribution in [3.8, 4) is 17.0 Å². The van der Waals surface area contributed by atoms with Gasteiger partial charge in [-0.1, -0.05) is 11.6 Å². The van der Waals surface area contributed by atoms with Crippen LogP contribution in [0, 0.1) is 0 Å². The Morgan fingerprint density at radius 1 is 1.14 bits per heavy atom. The molecule has 0 aliphatic rings. The second-order valence-electron chi connectivity index (χ2n) is 6.86. The molecule has 0 aliphatic carbocycles. The maximum absolute atomic E-state index is 6.28. The van der Waals surface area contributed by atoms with Crippen LogP contribution in [0.25, 0.3) is 33.2 Å². The number of halogens is 1. The molecule has 0 radical (unpaired) electrons. The van der Waals surface area contributed by atoms with Gasteiger partial charge in [0, 0.05) is 47.2 Å². The van der Waals surface area contributed by atoms with Crippen LogP contribution in [0.1, 0.15) is 18.6 Å². The van der Waals surface area contributed by atoms with E-state index in [1.165, 1.54) is 0 Å². The molecule has 0 spiro atoms. The Morgan fingerprint density at radius 3 is 2.83 bits per heavy atom. The van der Waals surface area contributed by atoms with E-state index in [0.29, 0.717) is 5.02 Å². The van der Waals surface area contributed by atoms with Crippen LogP contribution < -0.4 is 4.74 Å². The number of fused-ring (bicyclic) bond motifs is 2. The number of nitrogens with zero attached hydrogens (tertiary/aromatic N) is 5. The Morgan fingerprint density at radius 2 is 2.00 bits per heavy atom. The van der Waals surface area contributed by atoms with Gasteiger partial charge in [-0.3, -0.25) is 19.7 Å². The molecule has 0 aliphatic heterocycles. The first-order valence-electron chi connectivity index (χ1n) is 9.12. The number of aromatic amines is 1. The second kappa shape index (κ2) is 6.86. The largest absolute Gasteiger partial charge is 0.486 e. The third kappa shape index (κ3) is 3.19. The zero-order valence-corrected chi connectivity index (χ0v) is 16.6. The average molecular weight is 405 g/mol. The van der Waals surface area contributed by atoms with Crippen molar-refractivity contribution in [2.45, 2.75) is 13.0 Å². The van der Waals surface area contributed by atoms with E-state index in [1.54, 1.807) is 29.3 Å². The molecule has 0 saturated heterocycles. The number of hydrogen-bond acceptors (Lipinski definition) is 5. The number of aromatic nitrogens is 6. The molecule has 3 heterocycles. The molecule has 0 bridgehead atoms. The highest BCUT2D eigenvalue weighted by Gasteiger charge is 2.16. The number of rotatable bonds is 4. The van der Waals surface area contributed by atoms with E-state index in [4.69, 9.17) is 16.3 Å². The molecule has 5 rings (SSSR count). The lowest BCUT2D eigenvalue weighted by atomic mass is 10.1. The van der Waals surface area contributed by atoms with Crippen molar-refractivity contribution >= 4 is 33.5 Å². The number of ether oxygens (including phenoxy) is 1. The first-order chi connectivity index (χ1) is 14.1. The number of nitrogens with one attached hydrogen (secondary N) is 1. The van der Waals surface area contributed by atoms with Crippen molar-refractivity contribution in [3.63, 3.8) is 0 Å². The van der Waals surface area contributed by atoms with Crippen LogP contribution in [-0.2, 0) is 7.05 Å². The van der Waals surface area contributed by atoms with Crippen molar-refractivity contribution in [1.29, 1.82) is 0 Å². The van der Waals surface area contributed by atoms with Crippen LogP contribution in [0.3, 0.4) is 0 Å². The van der Waals surface area contributed by atoms with Gasteiger partial charge in [-0.25, -0.2) is 0 Å². The van der Waals surface area contributed by atoms with Gasteiger partial charge in [0.05, 0.1) is 22.7 Å². The molecular weight excluding hydrogens is 388 g/mol. The van der Waals surface area contributed by atoms with Gasteiger partial charge in [-0.15, -0.1) is 0 Å². The van der Waals surface area contributed by atoms with Gasteiger partial charge in [0.25, 0.3) is 0 Å². The SMILES string of the molecule is CC(Oc1ccc2[nH]nc(-c3cnn(C)c3)c2c1)c1cc(Cl)cc2nccnc12. The Balaban J connectivity index is 1.52. The van der Waals surface area contributed by atoms with E-state index in [2.05, 4.69) is 25.3 Å². The van der Waals surface area contributed by atoms with E-state index >= 15 is 0 Å². The van der Waals surface area contributed by atoms with E-state index < -0.39 is 0 Å². The van der Waals surface area contributed by atoms with E-state index in [9.17, 15) is 0 Å². The topological polar surface area (TPSA) is 81.5 Å². The van der Waals surface area contributed by atoms with Crippen LogP contribution in [0.4, 0.5) is 0 Å².